The molecule has 1 aromatic rings. The van der Waals surface area contributed by atoms with Crippen LogP contribution in [0.25, 0.3) is 0 Å². The minimum atomic E-state index is -0.475. The molecule has 1 aromatic heterocycles. The van der Waals surface area contributed by atoms with Crippen LogP contribution in [0.1, 0.15) is 0 Å². The van der Waals surface area contributed by atoms with E-state index in [1.54, 1.807) is 12.4 Å². The fraction of sp³-hybridized carbons (Fsp3) is 0. The lowest BCUT2D eigenvalue weighted by atomic mass is 10.5. The Kier molecular flexibility index (Phi) is 4.38. The van der Waals surface area contributed by atoms with Gasteiger partial charge in [-0.3, -0.25) is 15.2 Å². The molecule has 0 amide bonds. The molecule has 3 N–H and O–H groups in total. The van der Waals surface area contributed by atoms with Gasteiger partial charge in [0, 0.05) is 24.7 Å². The molecule has 1 aliphatic rings. The van der Waals surface area contributed by atoms with Crippen LogP contribution < -0.4 is 16.7 Å². The standard InChI is InChI=1S/C5H6N2.C4H4N2O2/c1-2-4-6-7-5-3-1;7-3-1-2-5-4(8)6-3/h1-6H;1-2H,(H2,5,6,7,8). The van der Waals surface area contributed by atoms with Gasteiger partial charge in [-0.1, -0.05) is 6.08 Å². The van der Waals surface area contributed by atoms with Crippen molar-refractivity contribution in [2.24, 2.45) is 5.10 Å². The summed E-state index contributed by atoms with van der Waals surface area (Å²) in [5, 5.41) is 3.72. The number of hydrazone groups is 1. The van der Waals surface area contributed by atoms with Crippen molar-refractivity contribution in [2.75, 3.05) is 0 Å². The van der Waals surface area contributed by atoms with Gasteiger partial charge in [0.05, 0.1) is 0 Å². The Bertz CT molecular complexity index is 442. The van der Waals surface area contributed by atoms with E-state index in [0.29, 0.717) is 0 Å². The third-order valence-corrected chi connectivity index (χ3v) is 1.31. The number of rotatable bonds is 0. The third-order valence-electron chi connectivity index (χ3n) is 1.31. The summed E-state index contributed by atoms with van der Waals surface area (Å²) in [6.45, 7) is 0. The summed E-state index contributed by atoms with van der Waals surface area (Å²) in [5.41, 5.74) is 1.82. The van der Waals surface area contributed by atoms with Gasteiger partial charge in [0.2, 0.25) is 0 Å². The first kappa shape index (κ1) is 10.7. The van der Waals surface area contributed by atoms with Gasteiger partial charge in [0.15, 0.2) is 0 Å². The van der Waals surface area contributed by atoms with E-state index in [9.17, 15) is 9.59 Å². The molecule has 6 heteroatoms. The molecule has 0 aromatic carbocycles. The van der Waals surface area contributed by atoms with E-state index in [4.69, 9.17) is 0 Å². The van der Waals surface area contributed by atoms with E-state index in [1.807, 2.05) is 23.2 Å². The number of H-pyrrole nitrogens is 2. The molecule has 0 saturated heterocycles. The fourth-order valence-electron chi connectivity index (χ4n) is 0.724. The smallest absolute Gasteiger partial charge is 0.314 e. The van der Waals surface area contributed by atoms with Crippen LogP contribution >= 0.6 is 0 Å². The average Bonchev–Trinajstić information content (AvgIpc) is 2.49. The maximum atomic E-state index is 10.2. The number of hydrogen-bond donors (Lipinski definition) is 3. The van der Waals surface area contributed by atoms with E-state index in [-0.39, 0.29) is 5.56 Å². The molecule has 78 valence electrons. The van der Waals surface area contributed by atoms with Crippen molar-refractivity contribution in [3.63, 3.8) is 0 Å². The van der Waals surface area contributed by atoms with Crippen molar-refractivity contribution in [1.82, 2.24) is 15.4 Å². The normalized spacial score (nSPS) is 12.3. The molecule has 0 radical (unpaired) electrons. The van der Waals surface area contributed by atoms with Crippen LogP contribution in [0.4, 0.5) is 0 Å². The SMILES string of the molecule is C1=CC=NNC=C1.O=c1cc[nH]c(=O)[nH]1. The van der Waals surface area contributed by atoms with Crippen LogP contribution in [-0.2, 0) is 0 Å². The highest BCUT2D eigenvalue weighted by Gasteiger charge is 1.77. The van der Waals surface area contributed by atoms with Gasteiger partial charge >= 0.3 is 5.69 Å². The second-order valence-electron chi connectivity index (χ2n) is 2.45. The average molecular weight is 206 g/mol. The van der Waals surface area contributed by atoms with E-state index in [2.05, 4.69) is 15.5 Å². The van der Waals surface area contributed by atoms with E-state index < -0.39 is 5.69 Å². The monoisotopic (exact) mass is 206 g/mol. The summed E-state index contributed by atoms with van der Waals surface area (Å²) in [6.07, 6.45) is 10.4. The highest BCUT2D eigenvalue weighted by Crippen LogP contribution is 1.76. The van der Waals surface area contributed by atoms with Crippen LogP contribution in [0, 0.1) is 0 Å². The lowest BCUT2D eigenvalue weighted by molar-refractivity contribution is 0.980. The highest BCUT2D eigenvalue weighted by atomic mass is 16.2. The first-order chi connectivity index (χ1) is 7.29. The Hall–Kier alpha value is -2.37. The van der Waals surface area contributed by atoms with E-state index >= 15 is 0 Å². The van der Waals surface area contributed by atoms with Crippen molar-refractivity contribution in [2.45, 2.75) is 0 Å². The maximum absolute atomic E-state index is 10.2. The van der Waals surface area contributed by atoms with Gasteiger partial charge in [-0.2, -0.15) is 5.10 Å². The molecular weight excluding hydrogens is 196 g/mol. The molecule has 0 spiro atoms. The van der Waals surface area contributed by atoms with Gasteiger partial charge in [0.25, 0.3) is 5.56 Å². The summed E-state index contributed by atoms with van der Waals surface area (Å²) in [7, 11) is 0. The van der Waals surface area contributed by atoms with Crippen molar-refractivity contribution < 1.29 is 0 Å². The third kappa shape index (κ3) is 5.04. The number of aromatic amines is 2. The molecule has 0 unspecified atom stereocenters. The number of allylic oxidation sites excluding steroid dienone is 3. The number of aromatic nitrogens is 2. The van der Waals surface area contributed by atoms with Crippen LogP contribution in [0.2, 0.25) is 0 Å². The topological polar surface area (TPSA) is 90.1 Å². The van der Waals surface area contributed by atoms with Crippen molar-refractivity contribution in [3.8, 4) is 0 Å². The summed E-state index contributed by atoms with van der Waals surface area (Å²) < 4.78 is 0. The second-order valence-corrected chi connectivity index (χ2v) is 2.45. The zero-order valence-electron chi connectivity index (χ0n) is 7.81. The Morgan fingerprint density at radius 1 is 1.13 bits per heavy atom. The predicted molar refractivity (Wildman–Crippen MR) is 57.6 cm³/mol. The van der Waals surface area contributed by atoms with Crippen LogP contribution in [0.5, 0.6) is 0 Å². The number of nitrogens with zero attached hydrogens (tertiary/aromatic N) is 1. The summed E-state index contributed by atoms with van der Waals surface area (Å²) >= 11 is 0. The number of hydrogen-bond acceptors (Lipinski definition) is 4. The van der Waals surface area contributed by atoms with Crippen LogP contribution in [0.3, 0.4) is 0 Å². The van der Waals surface area contributed by atoms with Gasteiger partial charge in [0.1, 0.15) is 0 Å². The molecule has 0 bridgehead atoms. The summed E-state index contributed by atoms with van der Waals surface area (Å²) in [4.78, 5) is 24.7. The molecule has 2 rings (SSSR count). The van der Waals surface area contributed by atoms with Gasteiger partial charge < -0.3 is 4.98 Å². The Balaban J connectivity index is 0.000000151. The minimum absolute atomic E-state index is 0.381. The van der Waals surface area contributed by atoms with Crippen LogP contribution in [-0.4, -0.2) is 16.2 Å². The molecule has 0 saturated carbocycles. The zero-order chi connectivity index (χ0) is 10.9. The minimum Gasteiger partial charge on any atom is -0.314 e. The lowest BCUT2D eigenvalue weighted by Gasteiger charge is -1.78. The van der Waals surface area contributed by atoms with E-state index in [0.717, 1.165) is 0 Å². The maximum Gasteiger partial charge on any atom is 0.325 e. The van der Waals surface area contributed by atoms with Crippen molar-refractivity contribution in [1.29, 1.82) is 0 Å². The molecule has 15 heavy (non-hydrogen) atoms. The molecular formula is C9H10N4O2. The summed E-state index contributed by atoms with van der Waals surface area (Å²) in [5.74, 6) is 0. The van der Waals surface area contributed by atoms with Crippen molar-refractivity contribution in [3.05, 3.63) is 57.5 Å². The van der Waals surface area contributed by atoms with E-state index in [1.165, 1.54) is 12.3 Å². The molecule has 0 fully saturated rings. The molecule has 2 heterocycles. The zero-order valence-corrected chi connectivity index (χ0v) is 7.81. The first-order valence-electron chi connectivity index (χ1n) is 4.17. The molecule has 6 nitrogen and oxygen atoms in total. The highest BCUT2D eigenvalue weighted by molar-refractivity contribution is 5.71. The Morgan fingerprint density at radius 2 is 2.00 bits per heavy atom. The fourth-order valence-corrected chi connectivity index (χ4v) is 0.724. The van der Waals surface area contributed by atoms with Gasteiger partial charge in [-0.15, -0.1) is 0 Å². The van der Waals surface area contributed by atoms with Gasteiger partial charge in [-0.25, -0.2) is 4.79 Å². The second kappa shape index (κ2) is 6.14. The quantitative estimate of drug-likeness (QED) is 0.544. The Morgan fingerprint density at radius 3 is 2.67 bits per heavy atom. The van der Waals surface area contributed by atoms with Crippen molar-refractivity contribution >= 4 is 6.21 Å². The van der Waals surface area contributed by atoms with Gasteiger partial charge in [-0.05, 0) is 12.2 Å². The Labute approximate surface area is 85.1 Å². The molecule has 0 atom stereocenters. The predicted octanol–water partition coefficient (Wildman–Crippen LogP) is -0.292. The first-order valence-corrected chi connectivity index (χ1v) is 4.17. The molecule has 1 aliphatic heterocycles. The summed E-state index contributed by atoms with van der Waals surface area (Å²) in [6, 6.07) is 1.24. The number of nitrogens with one attached hydrogen (secondary N) is 3. The molecule has 0 aliphatic carbocycles. The largest absolute Gasteiger partial charge is 0.325 e. The lowest BCUT2D eigenvalue weighted by Crippen LogP contribution is -2.19. The van der Waals surface area contributed by atoms with Crippen LogP contribution in [0.15, 0.2) is 51.4 Å².